The van der Waals surface area contributed by atoms with Gasteiger partial charge in [0.15, 0.2) is 0 Å². The molecule has 98 valence electrons. The molecule has 2 fully saturated rings. The molecule has 1 spiro atoms. The van der Waals surface area contributed by atoms with Gasteiger partial charge in [-0.25, -0.2) is 0 Å². The molecule has 0 unspecified atom stereocenters. The number of rotatable bonds is 2. The molecule has 5 nitrogen and oxygen atoms in total. The fraction of sp³-hybridized carbons (Fsp3) is 0.917. The summed E-state index contributed by atoms with van der Waals surface area (Å²) in [5.41, 5.74) is 0.211. The minimum atomic E-state index is 0.0887. The zero-order valence-electron chi connectivity index (χ0n) is 10.6. The standard InChI is InChI=1S/C12H23N3O2/c1-13-11(16)7-15-5-6-17-10-12(9-15)3-2-4-14-8-12/h14H,2-10H2,1H3,(H,13,16)/t12-/m0/s1. The Morgan fingerprint density at radius 2 is 2.47 bits per heavy atom. The van der Waals surface area contributed by atoms with Gasteiger partial charge < -0.3 is 15.4 Å². The average molecular weight is 241 g/mol. The minimum absolute atomic E-state index is 0.0887. The van der Waals surface area contributed by atoms with Crippen LogP contribution in [-0.4, -0.2) is 63.8 Å². The maximum atomic E-state index is 11.5. The molecule has 0 radical (unpaired) electrons. The molecule has 1 atom stereocenters. The number of ether oxygens (including phenoxy) is 1. The third-order valence-electron chi connectivity index (χ3n) is 3.73. The number of amides is 1. The second-order valence-corrected chi connectivity index (χ2v) is 5.22. The molecule has 2 aliphatic heterocycles. The van der Waals surface area contributed by atoms with Gasteiger partial charge in [-0.15, -0.1) is 0 Å². The Kier molecular flexibility index (Phi) is 4.36. The topological polar surface area (TPSA) is 53.6 Å². The van der Waals surface area contributed by atoms with Crippen LogP contribution in [0.15, 0.2) is 0 Å². The van der Waals surface area contributed by atoms with Crippen molar-refractivity contribution in [3.8, 4) is 0 Å². The van der Waals surface area contributed by atoms with Crippen molar-refractivity contribution in [1.29, 1.82) is 0 Å². The van der Waals surface area contributed by atoms with E-state index >= 15 is 0 Å². The summed E-state index contributed by atoms with van der Waals surface area (Å²) in [7, 11) is 1.69. The lowest BCUT2D eigenvalue weighted by molar-refractivity contribution is -0.122. The molecule has 0 bridgehead atoms. The molecule has 5 heteroatoms. The molecule has 2 heterocycles. The Hall–Kier alpha value is -0.650. The SMILES string of the molecule is CNC(=O)CN1CCOC[C@]2(CCCNC2)C1. The second kappa shape index (κ2) is 5.80. The minimum Gasteiger partial charge on any atom is -0.379 e. The maximum absolute atomic E-state index is 11.5. The number of hydrogen-bond donors (Lipinski definition) is 2. The molecular formula is C12H23N3O2. The van der Waals surface area contributed by atoms with Crippen LogP contribution >= 0.6 is 0 Å². The second-order valence-electron chi connectivity index (χ2n) is 5.22. The molecule has 2 aliphatic rings. The van der Waals surface area contributed by atoms with Crippen molar-refractivity contribution in [3.05, 3.63) is 0 Å². The summed E-state index contributed by atoms with van der Waals surface area (Å²) >= 11 is 0. The van der Waals surface area contributed by atoms with E-state index in [2.05, 4.69) is 15.5 Å². The van der Waals surface area contributed by atoms with Crippen molar-refractivity contribution in [1.82, 2.24) is 15.5 Å². The first-order valence-electron chi connectivity index (χ1n) is 6.46. The number of nitrogens with zero attached hydrogens (tertiary/aromatic N) is 1. The fourth-order valence-corrected chi connectivity index (χ4v) is 2.79. The van der Waals surface area contributed by atoms with Gasteiger partial charge in [-0.05, 0) is 19.4 Å². The van der Waals surface area contributed by atoms with E-state index in [-0.39, 0.29) is 11.3 Å². The molecule has 17 heavy (non-hydrogen) atoms. The van der Waals surface area contributed by atoms with Crippen LogP contribution in [0.3, 0.4) is 0 Å². The third-order valence-corrected chi connectivity index (χ3v) is 3.73. The van der Waals surface area contributed by atoms with Crippen molar-refractivity contribution < 1.29 is 9.53 Å². The van der Waals surface area contributed by atoms with Gasteiger partial charge in [0.1, 0.15) is 0 Å². The van der Waals surface area contributed by atoms with E-state index in [0.717, 1.165) is 39.4 Å². The highest BCUT2D eigenvalue weighted by atomic mass is 16.5. The number of carbonyl (C=O) groups is 1. The highest BCUT2D eigenvalue weighted by Crippen LogP contribution is 2.29. The zero-order chi connectivity index (χ0) is 12.1. The van der Waals surface area contributed by atoms with Crippen molar-refractivity contribution >= 4 is 5.91 Å². The summed E-state index contributed by atoms with van der Waals surface area (Å²) in [5, 5.41) is 6.14. The van der Waals surface area contributed by atoms with Crippen LogP contribution in [0.25, 0.3) is 0 Å². The van der Waals surface area contributed by atoms with Gasteiger partial charge in [0.05, 0.1) is 19.8 Å². The van der Waals surface area contributed by atoms with E-state index in [9.17, 15) is 4.79 Å². The Balaban J connectivity index is 1.96. The van der Waals surface area contributed by atoms with Crippen LogP contribution in [-0.2, 0) is 9.53 Å². The van der Waals surface area contributed by atoms with Crippen LogP contribution in [0.5, 0.6) is 0 Å². The molecule has 2 N–H and O–H groups in total. The average Bonchev–Trinajstić information content (AvgIpc) is 2.53. The van der Waals surface area contributed by atoms with E-state index in [0.29, 0.717) is 6.54 Å². The summed E-state index contributed by atoms with van der Waals surface area (Å²) in [6.45, 7) is 5.99. The first-order valence-corrected chi connectivity index (χ1v) is 6.46. The fourth-order valence-electron chi connectivity index (χ4n) is 2.79. The first kappa shape index (κ1) is 12.8. The third kappa shape index (κ3) is 3.40. The summed E-state index contributed by atoms with van der Waals surface area (Å²) in [6.07, 6.45) is 2.40. The van der Waals surface area contributed by atoms with Gasteiger partial charge in [-0.2, -0.15) is 0 Å². The van der Waals surface area contributed by atoms with Crippen molar-refractivity contribution in [2.24, 2.45) is 5.41 Å². The number of nitrogens with one attached hydrogen (secondary N) is 2. The van der Waals surface area contributed by atoms with E-state index in [1.54, 1.807) is 7.05 Å². The predicted octanol–water partition coefficient (Wildman–Crippen LogP) is -0.566. The maximum Gasteiger partial charge on any atom is 0.233 e. The highest BCUT2D eigenvalue weighted by Gasteiger charge is 2.36. The quantitative estimate of drug-likeness (QED) is 0.680. The summed E-state index contributed by atoms with van der Waals surface area (Å²) in [5.74, 6) is 0.0887. The van der Waals surface area contributed by atoms with Crippen molar-refractivity contribution in [2.75, 3.05) is 53.0 Å². The van der Waals surface area contributed by atoms with Gasteiger partial charge in [0.25, 0.3) is 0 Å². The van der Waals surface area contributed by atoms with E-state index in [4.69, 9.17) is 4.74 Å². The highest BCUT2D eigenvalue weighted by molar-refractivity contribution is 5.77. The lowest BCUT2D eigenvalue weighted by Gasteiger charge is -2.38. The number of carbonyl (C=O) groups excluding carboxylic acids is 1. The first-order chi connectivity index (χ1) is 8.24. The Labute approximate surface area is 103 Å². The Morgan fingerprint density at radius 3 is 3.18 bits per heavy atom. The molecule has 2 rings (SSSR count). The van der Waals surface area contributed by atoms with Gasteiger partial charge >= 0.3 is 0 Å². The van der Waals surface area contributed by atoms with Crippen molar-refractivity contribution in [3.63, 3.8) is 0 Å². The van der Waals surface area contributed by atoms with Gasteiger partial charge in [-0.3, -0.25) is 9.69 Å². The van der Waals surface area contributed by atoms with Crippen molar-refractivity contribution in [2.45, 2.75) is 12.8 Å². The van der Waals surface area contributed by atoms with Gasteiger partial charge in [-0.1, -0.05) is 0 Å². The molecule has 0 saturated carbocycles. The summed E-state index contributed by atoms with van der Waals surface area (Å²) in [6, 6.07) is 0. The number of hydrogen-bond acceptors (Lipinski definition) is 4. The Morgan fingerprint density at radius 1 is 1.59 bits per heavy atom. The molecule has 0 aromatic rings. The Bertz CT molecular complexity index is 264. The number of likely N-dealkylation sites (N-methyl/N-ethyl adjacent to an activating group) is 1. The van der Waals surface area contributed by atoms with Gasteiger partial charge in [0, 0.05) is 32.1 Å². The molecular weight excluding hydrogens is 218 g/mol. The number of piperidine rings is 1. The summed E-state index contributed by atoms with van der Waals surface area (Å²) < 4.78 is 5.72. The van der Waals surface area contributed by atoms with Crippen LogP contribution in [0.2, 0.25) is 0 Å². The molecule has 0 aromatic heterocycles. The smallest absolute Gasteiger partial charge is 0.233 e. The van der Waals surface area contributed by atoms with Gasteiger partial charge in [0.2, 0.25) is 5.91 Å². The molecule has 2 saturated heterocycles. The largest absolute Gasteiger partial charge is 0.379 e. The van der Waals surface area contributed by atoms with Crippen LogP contribution < -0.4 is 10.6 Å². The van der Waals surface area contributed by atoms with E-state index < -0.39 is 0 Å². The molecule has 1 amide bonds. The lowest BCUT2D eigenvalue weighted by atomic mass is 9.81. The van der Waals surface area contributed by atoms with E-state index in [1.807, 2.05) is 0 Å². The zero-order valence-corrected chi connectivity index (χ0v) is 10.6. The predicted molar refractivity (Wildman–Crippen MR) is 65.9 cm³/mol. The normalized spacial score (nSPS) is 31.1. The molecule has 0 aromatic carbocycles. The van der Waals surface area contributed by atoms with E-state index in [1.165, 1.54) is 12.8 Å². The van der Waals surface area contributed by atoms with Crippen LogP contribution in [0, 0.1) is 5.41 Å². The monoisotopic (exact) mass is 241 g/mol. The lowest BCUT2D eigenvalue weighted by Crippen LogP contribution is -2.50. The van der Waals surface area contributed by atoms with Crippen LogP contribution in [0.4, 0.5) is 0 Å². The molecule has 0 aliphatic carbocycles. The van der Waals surface area contributed by atoms with Crippen LogP contribution in [0.1, 0.15) is 12.8 Å². The summed E-state index contributed by atoms with van der Waals surface area (Å²) in [4.78, 5) is 13.7.